The summed E-state index contributed by atoms with van der Waals surface area (Å²) in [6.45, 7) is 1.29. The maximum absolute atomic E-state index is 12.0. The molecule has 0 aliphatic carbocycles. The zero-order chi connectivity index (χ0) is 22.4. The molecule has 31 heavy (non-hydrogen) atoms. The van der Waals surface area contributed by atoms with Gasteiger partial charge in [0, 0.05) is 41.8 Å². The molecule has 0 saturated carbocycles. The summed E-state index contributed by atoms with van der Waals surface area (Å²) in [6, 6.07) is 8.41. The van der Waals surface area contributed by atoms with E-state index in [1.165, 1.54) is 0 Å². The first-order valence-corrected chi connectivity index (χ1v) is 12.2. The number of thioether (sulfide) groups is 1. The number of piperidine rings is 1. The molecule has 8 nitrogen and oxygen atoms in total. The summed E-state index contributed by atoms with van der Waals surface area (Å²) in [5, 5.41) is 25.6. The standard InChI is InChI=1S/C21H29N5O3S2/c1-24(2)12-18-23-16(14-31-18)13-30-10-9-22-21-20(26(28)29)17(11-19(27)25(21)3)15-7-5-4-6-8-15/h4-8,14,17,19-20,27H,9-13H2,1-3H3. The minimum absolute atomic E-state index is 0.270. The van der Waals surface area contributed by atoms with Gasteiger partial charge in [0.15, 0.2) is 5.84 Å². The van der Waals surface area contributed by atoms with Crippen LogP contribution in [-0.4, -0.2) is 76.4 Å². The molecule has 0 amide bonds. The van der Waals surface area contributed by atoms with Gasteiger partial charge in [-0.2, -0.15) is 11.8 Å². The van der Waals surface area contributed by atoms with Crippen LogP contribution in [0.5, 0.6) is 0 Å². The van der Waals surface area contributed by atoms with Gasteiger partial charge in [0.1, 0.15) is 11.2 Å². The molecule has 1 N–H and O–H groups in total. The number of thiazole rings is 1. The molecule has 2 heterocycles. The molecule has 3 unspecified atom stereocenters. The number of rotatable bonds is 9. The molecule has 0 bridgehead atoms. The quantitative estimate of drug-likeness (QED) is 0.347. The Hall–Kier alpha value is -2.01. The van der Waals surface area contributed by atoms with Gasteiger partial charge in [0.25, 0.3) is 6.04 Å². The summed E-state index contributed by atoms with van der Waals surface area (Å²) in [5.41, 5.74) is 1.91. The summed E-state index contributed by atoms with van der Waals surface area (Å²) in [5.74, 6) is 1.46. The lowest BCUT2D eigenvalue weighted by Crippen LogP contribution is -2.54. The first-order chi connectivity index (χ1) is 14.9. The molecule has 1 aliphatic heterocycles. The predicted molar refractivity (Wildman–Crippen MR) is 126 cm³/mol. The van der Waals surface area contributed by atoms with Crippen LogP contribution in [0, 0.1) is 10.1 Å². The van der Waals surface area contributed by atoms with Crippen molar-refractivity contribution in [3.05, 3.63) is 62.1 Å². The Balaban J connectivity index is 1.63. The Morgan fingerprint density at radius 2 is 2.13 bits per heavy atom. The summed E-state index contributed by atoms with van der Waals surface area (Å²) in [6.07, 6.45) is -0.489. The van der Waals surface area contributed by atoms with Crippen LogP contribution >= 0.6 is 23.1 Å². The average Bonchev–Trinajstić information content (AvgIpc) is 3.17. The monoisotopic (exact) mass is 463 g/mol. The summed E-state index contributed by atoms with van der Waals surface area (Å²) >= 11 is 3.37. The van der Waals surface area contributed by atoms with Gasteiger partial charge in [-0.1, -0.05) is 30.3 Å². The highest BCUT2D eigenvalue weighted by atomic mass is 32.2. The lowest BCUT2D eigenvalue weighted by molar-refractivity contribution is -0.511. The van der Waals surface area contributed by atoms with E-state index in [0.29, 0.717) is 18.8 Å². The van der Waals surface area contributed by atoms with Crippen molar-refractivity contribution in [3.8, 4) is 0 Å². The Morgan fingerprint density at radius 3 is 2.81 bits per heavy atom. The van der Waals surface area contributed by atoms with E-state index in [9.17, 15) is 15.2 Å². The fourth-order valence-corrected chi connectivity index (χ4v) is 5.42. The number of aromatic nitrogens is 1. The van der Waals surface area contributed by atoms with Crippen LogP contribution in [0.2, 0.25) is 0 Å². The Labute approximate surface area is 191 Å². The highest BCUT2D eigenvalue weighted by Gasteiger charge is 2.46. The number of benzene rings is 1. The van der Waals surface area contributed by atoms with E-state index in [-0.39, 0.29) is 4.92 Å². The van der Waals surface area contributed by atoms with Crippen molar-refractivity contribution in [2.24, 2.45) is 4.99 Å². The second-order valence-corrected chi connectivity index (χ2v) is 9.89. The second kappa shape index (κ2) is 11.0. The molecule has 1 aromatic heterocycles. The third-order valence-corrected chi connectivity index (χ3v) is 7.04. The molecule has 2 aromatic rings. The smallest absolute Gasteiger partial charge is 0.276 e. The van der Waals surface area contributed by atoms with Gasteiger partial charge in [0.2, 0.25) is 0 Å². The van der Waals surface area contributed by atoms with E-state index >= 15 is 0 Å². The molecule has 1 aliphatic rings. The minimum atomic E-state index is -0.965. The highest BCUT2D eigenvalue weighted by Crippen LogP contribution is 2.33. The maximum atomic E-state index is 12.0. The maximum Gasteiger partial charge on any atom is 0.276 e. The Kier molecular flexibility index (Phi) is 8.42. The van der Waals surface area contributed by atoms with Gasteiger partial charge in [-0.15, -0.1) is 11.3 Å². The van der Waals surface area contributed by atoms with Crippen molar-refractivity contribution in [2.75, 3.05) is 33.4 Å². The van der Waals surface area contributed by atoms with Gasteiger partial charge in [-0.05, 0) is 19.7 Å². The van der Waals surface area contributed by atoms with E-state index in [4.69, 9.17) is 0 Å². The molecule has 1 saturated heterocycles. The van der Waals surface area contributed by atoms with Crippen molar-refractivity contribution in [1.82, 2.24) is 14.8 Å². The molecule has 10 heteroatoms. The number of aliphatic hydroxyl groups is 1. The fourth-order valence-electron chi connectivity index (χ4n) is 3.68. The lowest BCUT2D eigenvalue weighted by Gasteiger charge is -2.38. The number of nitrogens with zero attached hydrogens (tertiary/aromatic N) is 5. The van der Waals surface area contributed by atoms with Crippen LogP contribution < -0.4 is 0 Å². The largest absolute Gasteiger partial charge is 0.374 e. The van der Waals surface area contributed by atoms with Crippen LogP contribution in [0.4, 0.5) is 0 Å². The second-order valence-electron chi connectivity index (χ2n) is 7.84. The zero-order valence-corrected chi connectivity index (χ0v) is 19.7. The third-order valence-electron chi connectivity index (χ3n) is 5.18. The van der Waals surface area contributed by atoms with Gasteiger partial charge in [-0.3, -0.25) is 15.1 Å². The topological polar surface area (TPSA) is 95.1 Å². The van der Waals surface area contributed by atoms with Crippen LogP contribution in [0.1, 0.15) is 28.6 Å². The van der Waals surface area contributed by atoms with Crippen molar-refractivity contribution in [3.63, 3.8) is 0 Å². The molecular weight excluding hydrogens is 434 g/mol. The SMILES string of the molecule is CN(C)Cc1nc(CSCCN=C2C([N+](=O)[O-])C(c3ccccc3)CC(O)N2C)cs1. The van der Waals surface area contributed by atoms with E-state index in [2.05, 4.69) is 20.3 Å². The number of amidine groups is 1. The number of likely N-dealkylation sites (N-methyl/N-ethyl adjacent to an activating group) is 1. The van der Waals surface area contributed by atoms with Crippen molar-refractivity contribution in [2.45, 2.75) is 36.9 Å². The fraction of sp³-hybridized carbons (Fsp3) is 0.524. The van der Waals surface area contributed by atoms with Crippen LogP contribution in [0.25, 0.3) is 0 Å². The number of aliphatic hydroxyl groups excluding tert-OH is 1. The van der Waals surface area contributed by atoms with E-state index in [0.717, 1.165) is 34.3 Å². The number of hydrogen-bond donors (Lipinski definition) is 1. The molecule has 0 radical (unpaired) electrons. The van der Waals surface area contributed by atoms with E-state index < -0.39 is 18.2 Å². The summed E-state index contributed by atoms with van der Waals surface area (Å²) in [4.78, 5) is 24.5. The molecule has 1 fully saturated rings. The third kappa shape index (κ3) is 6.25. The van der Waals surface area contributed by atoms with E-state index in [1.54, 1.807) is 35.0 Å². The van der Waals surface area contributed by atoms with Gasteiger partial charge >= 0.3 is 0 Å². The molecule has 0 spiro atoms. The summed E-state index contributed by atoms with van der Waals surface area (Å²) in [7, 11) is 5.72. The first kappa shape index (κ1) is 23.6. The minimum Gasteiger partial charge on any atom is -0.374 e. The van der Waals surface area contributed by atoms with Crippen molar-refractivity contribution >= 4 is 28.9 Å². The molecule has 3 rings (SSSR count). The number of hydrogen-bond acceptors (Lipinski definition) is 8. The average molecular weight is 464 g/mol. The highest BCUT2D eigenvalue weighted by molar-refractivity contribution is 7.98. The van der Waals surface area contributed by atoms with Crippen LogP contribution in [0.3, 0.4) is 0 Å². The normalized spacial score (nSPS) is 22.9. The molecule has 168 valence electrons. The van der Waals surface area contributed by atoms with Gasteiger partial charge in [-0.25, -0.2) is 4.98 Å². The molecule has 3 atom stereocenters. The van der Waals surface area contributed by atoms with Crippen LogP contribution in [-0.2, 0) is 12.3 Å². The lowest BCUT2D eigenvalue weighted by atomic mass is 9.84. The van der Waals surface area contributed by atoms with Gasteiger partial charge < -0.3 is 14.9 Å². The predicted octanol–water partition coefficient (Wildman–Crippen LogP) is 2.92. The number of nitro groups is 1. The Bertz CT molecular complexity index is 890. The van der Waals surface area contributed by atoms with E-state index in [1.807, 2.05) is 44.4 Å². The van der Waals surface area contributed by atoms with Crippen molar-refractivity contribution in [1.29, 1.82) is 0 Å². The van der Waals surface area contributed by atoms with Gasteiger partial charge in [0.05, 0.1) is 18.2 Å². The first-order valence-electron chi connectivity index (χ1n) is 10.2. The number of aliphatic imine (C=N–C) groups is 1. The van der Waals surface area contributed by atoms with Crippen LogP contribution in [0.15, 0.2) is 40.7 Å². The molecular formula is C21H29N5O3S2. The number of likely N-dealkylation sites (tertiary alicyclic amines) is 1. The van der Waals surface area contributed by atoms with Crippen molar-refractivity contribution < 1.29 is 10.0 Å². The zero-order valence-electron chi connectivity index (χ0n) is 18.0. The summed E-state index contributed by atoms with van der Waals surface area (Å²) < 4.78 is 0. The molecule has 1 aromatic carbocycles. The Morgan fingerprint density at radius 1 is 1.39 bits per heavy atom.